The minimum Gasteiger partial charge on any atom is -0.497 e. The molecule has 9 nitrogen and oxygen atoms in total. The van der Waals surface area contributed by atoms with Crippen molar-refractivity contribution >= 4 is 23.4 Å². The summed E-state index contributed by atoms with van der Waals surface area (Å²) in [7, 11) is 3.09. The molecule has 0 radical (unpaired) electrons. The number of nitrogens with one attached hydrogen (secondary N) is 2. The van der Waals surface area contributed by atoms with Gasteiger partial charge in [0.15, 0.2) is 0 Å². The summed E-state index contributed by atoms with van der Waals surface area (Å²) in [4.78, 5) is 28.0. The van der Waals surface area contributed by atoms with Gasteiger partial charge in [0.25, 0.3) is 0 Å². The molecule has 0 atom stereocenters. The summed E-state index contributed by atoms with van der Waals surface area (Å²) in [5.74, 6) is 1.33. The highest BCUT2D eigenvalue weighted by Gasteiger charge is 2.24. The van der Waals surface area contributed by atoms with Crippen molar-refractivity contribution in [1.82, 2.24) is 14.7 Å². The predicted molar refractivity (Wildman–Crippen MR) is 151 cm³/mol. The number of carbonyl (C=O) groups excluding carboxylic acids is 2. The second-order valence-electron chi connectivity index (χ2n) is 10.2. The van der Waals surface area contributed by atoms with Crippen LogP contribution in [0.3, 0.4) is 0 Å². The Morgan fingerprint density at radius 1 is 1.03 bits per heavy atom. The Balaban J connectivity index is 1.83. The normalized spacial score (nSPS) is 11.1. The Kier molecular flexibility index (Phi) is 9.39. The molecule has 1 heterocycles. The van der Waals surface area contributed by atoms with E-state index < -0.39 is 0 Å². The zero-order valence-electron chi connectivity index (χ0n) is 23.4. The number of benzene rings is 2. The molecule has 3 amide bonds. The van der Waals surface area contributed by atoms with Gasteiger partial charge in [0.05, 0.1) is 31.3 Å². The SMILES string of the molecule is CCCCN(CC(=O)Nc1cc(C(C)(C)C)nn1-c1ccccc1C)C(=O)Nc1ccc(OC)cc1OC. The summed E-state index contributed by atoms with van der Waals surface area (Å²) < 4.78 is 12.4. The molecule has 0 unspecified atom stereocenters. The van der Waals surface area contributed by atoms with Crippen molar-refractivity contribution in [2.45, 2.75) is 52.9 Å². The van der Waals surface area contributed by atoms with Gasteiger partial charge in [0, 0.05) is 24.1 Å². The van der Waals surface area contributed by atoms with Crippen LogP contribution >= 0.6 is 0 Å². The van der Waals surface area contributed by atoms with E-state index in [1.54, 1.807) is 30.0 Å². The first-order valence-electron chi connectivity index (χ1n) is 12.8. The number of ether oxygens (including phenoxy) is 2. The van der Waals surface area contributed by atoms with E-state index in [-0.39, 0.29) is 23.9 Å². The molecule has 0 fully saturated rings. The van der Waals surface area contributed by atoms with E-state index in [1.807, 2.05) is 44.2 Å². The van der Waals surface area contributed by atoms with E-state index in [1.165, 1.54) is 12.0 Å². The molecule has 0 bridgehead atoms. The number of aromatic nitrogens is 2. The summed E-state index contributed by atoms with van der Waals surface area (Å²) in [5, 5.41) is 10.7. The summed E-state index contributed by atoms with van der Waals surface area (Å²) in [6.45, 7) is 10.6. The Labute approximate surface area is 225 Å². The monoisotopic (exact) mass is 521 g/mol. The van der Waals surface area contributed by atoms with Crippen LogP contribution in [0, 0.1) is 6.92 Å². The second kappa shape index (κ2) is 12.5. The Bertz CT molecular complexity index is 1260. The van der Waals surface area contributed by atoms with Crippen LogP contribution in [0.15, 0.2) is 48.5 Å². The Morgan fingerprint density at radius 2 is 1.76 bits per heavy atom. The minimum absolute atomic E-state index is 0.117. The molecular weight excluding hydrogens is 482 g/mol. The zero-order chi connectivity index (χ0) is 27.9. The average molecular weight is 522 g/mol. The fourth-order valence-electron chi connectivity index (χ4n) is 3.87. The number of hydrogen-bond donors (Lipinski definition) is 2. The molecule has 0 spiro atoms. The first-order valence-corrected chi connectivity index (χ1v) is 12.8. The number of unbranched alkanes of at least 4 members (excludes halogenated alkanes) is 1. The molecule has 0 aliphatic heterocycles. The maximum atomic E-state index is 13.3. The summed E-state index contributed by atoms with van der Waals surface area (Å²) >= 11 is 0. The lowest BCUT2D eigenvalue weighted by Gasteiger charge is -2.23. The third kappa shape index (κ3) is 7.06. The summed E-state index contributed by atoms with van der Waals surface area (Å²) in [5.41, 5.74) is 3.04. The summed E-state index contributed by atoms with van der Waals surface area (Å²) in [6.07, 6.45) is 1.64. The molecule has 3 aromatic rings. The lowest BCUT2D eigenvalue weighted by molar-refractivity contribution is -0.116. The van der Waals surface area contributed by atoms with Crippen molar-refractivity contribution in [2.75, 3.05) is 37.9 Å². The number of amides is 3. The lowest BCUT2D eigenvalue weighted by atomic mass is 9.92. The fraction of sp³-hybridized carbons (Fsp3) is 0.414. The Hall–Kier alpha value is -4.01. The van der Waals surface area contributed by atoms with Gasteiger partial charge in [-0.15, -0.1) is 0 Å². The molecule has 1 aromatic heterocycles. The van der Waals surface area contributed by atoms with Crippen molar-refractivity contribution in [3.8, 4) is 17.2 Å². The topological polar surface area (TPSA) is 97.7 Å². The number of urea groups is 1. The molecule has 38 heavy (non-hydrogen) atoms. The third-order valence-electron chi connectivity index (χ3n) is 6.14. The number of rotatable bonds is 10. The maximum Gasteiger partial charge on any atom is 0.322 e. The van der Waals surface area contributed by atoms with Gasteiger partial charge in [0.2, 0.25) is 5.91 Å². The quantitative estimate of drug-likeness (QED) is 0.353. The number of hydrogen-bond acceptors (Lipinski definition) is 5. The summed E-state index contributed by atoms with van der Waals surface area (Å²) in [6, 6.07) is 14.5. The van der Waals surface area contributed by atoms with Gasteiger partial charge in [-0.3, -0.25) is 4.79 Å². The molecule has 0 aliphatic carbocycles. The third-order valence-corrected chi connectivity index (χ3v) is 6.14. The van der Waals surface area contributed by atoms with Crippen LogP contribution in [0.1, 0.15) is 51.8 Å². The number of anilines is 2. The van der Waals surface area contributed by atoms with Gasteiger partial charge < -0.3 is 25.0 Å². The van der Waals surface area contributed by atoms with E-state index in [0.29, 0.717) is 29.5 Å². The van der Waals surface area contributed by atoms with Crippen molar-refractivity contribution in [2.24, 2.45) is 0 Å². The van der Waals surface area contributed by atoms with E-state index in [9.17, 15) is 9.59 Å². The van der Waals surface area contributed by atoms with Crippen LogP contribution in [0.5, 0.6) is 11.5 Å². The first kappa shape index (κ1) is 28.6. The predicted octanol–water partition coefficient (Wildman–Crippen LogP) is 5.77. The van der Waals surface area contributed by atoms with E-state index in [0.717, 1.165) is 29.8 Å². The van der Waals surface area contributed by atoms with Crippen LogP contribution in [-0.4, -0.2) is 53.9 Å². The molecule has 0 saturated heterocycles. The molecule has 204 valence electrons. The number of aryl methyl sites for hydroxylation is 1. The van der Waals surface area contributed by atoms with Crippen molar-refractivity contribution in [3.05, 3.63) is 59.8 Å². The zero-order valence-corrected chi connectivity index (χ0v) is 23.4. The fourth-order valence-corrected chi connectivity index (χ4v) is 3.87. The largest absolute Gasteiger partial charge is 0.497 e. The molecular formula is C29H39N5O4. The standard InChI is InChI=1S/C29H39N5O4/c1-8-9-16-33(28(36)30-22-15-14-21(37-6)17-24(22)38-7)19-27(35)31-26-18-25(29(3,4)5)32-34(26)23-13-11-10-12-20(23)2/h10-15,17-18H,8-9,16,19H2,1-7H3,(H,30,36)(H,31,35). The van der Waals surface area contributed by atoms with Gasteiger partial charge in [-0.1, -0.05) is 52.3 Å². The van der Waals surface area contributed by atoms with Gasteiger partial charge in [-0.25, -0.2) is 9.48 Å². The molecule has 2 aromatic carbocycles. The van der Waals surface area contributed by atoms with Crippen molar-refractivity contribution < 1.29 is 19.1 Å². The molecule has 0 aliphatic rings. The highest BCUT2D eigenvalue weighted by molar-refractivity contribution is 5.97. The van der Waals surface area contributed by atoms with Crippen LogP contribution in [-0.2, 0) is 10.2 Å². The van der Waals surface area contributed by atoms with E-state index in [2.05, 4.69) is 31.4 Å². The maximum absolute atomic E-state index is 13.3. The highest BCUT2D eigenvalue weighted by atomic mass is 16.5. The van der Waals surface area contributed by atoms with Crippen molar-refractivity contribution in [1.29, 1.82) is 0 Å². The smallest absolute Gasteiger partial charge is 0.322 e. The first-order chi connectivity index (χ1) is 18.1. The van der Waals surface area contributed by atoms with Gasteiger partial charge >= 0.3 is 6.03 Å². The Morgan fingerprint density at radius 3 is 2.39 bits per heavy atom. The van der Waals surface area contributed by atoms with Gasteiger partial charge in [-0.2, -0.15) is 5.10 Å². The van der Waals surface area contributed by atoms with Gasteiger partial charge in [0.1, 0.15) is 23.9 Å². The van der Waals surface area contributed by atoms with Crippen LogP contribution in [0.2, 0.25) is 0 Å². The molecule has 2 N–H and O–H groups in total. The number of nitrogens with zero attached hydrogens (tertiary/aromatic N) is 3. The lowest BCUT2D eigenvalue weighted by Crippen LogP contribution is -2.41. The van der Waals surface area contributed by atoms with Crippen LogP contribution < -0.4 is 20.1 Å². The van der Waals surface area contributed by atoms with Crippen LogP contribution in [0.25, 0.3) is 5.69 Å². The number of methoxy groups -OCH3 is 2. The second-order valence-corrected chi connectivity index (χ2v) is 10.2. The van der Waals surface area contributed by atoms with Crippen LogP contribution in [0.4, 0.5) is 16.3 Å². The molecule has 9 heteroatoms. The number of carbonyl (C=O) groups is 2. The highest BCUT2D eigenvalue weighted by Crippen LogP contribution is 2.30. The van der Waals surface area contributed by atoms with E-state index >= 15 is 0 Å². The molecule has 3 rings (SSSR count). The average Bonchev–Trinajstić information content (AvgIpc) is 3.30. The van der Waals surface area contributed by atoms with E-state index in [4.69, 9.17) is 14.6 Å². The van der Waals surface area contributed by atoms with Gasteiger partial charge in [-0.05, 0) is 37.1 Å². The molecule has 0 saturated carbocycles. The number of para-hydroxylation sites is 1. The van der Waals surface area contributed by atoms with Crippen molar-refractivity contribution in [3.63, 3.8) is 0 Å². The minimum atomic E-state index is -0.389.